The van der Waals surface area contributed by atoms with Gasteiger partial charge >= 0.3 is 0 Å². The number of aryl methyl sites for hydroxylation is 1. The number of piperazine rings is 1. The predicted octanol–water partition coefficient (Wildman–Crippen LogP) is 2.62. The zero-order valence-electron chi connectivity index (χ0n) is 19.1. The van der Waals surface area contributed by atoms with Gasteiger partial charge in [0.2, 0.25) is 5.75 Å². The molecule has 170 valence electrons. The maximum atomic E-state index is 5.48. The third-order valence-corrected chi connectivity index (χ3v) is 6.39. The van der Waals surface area contributed by atoms with Gasteiger partial charge in [-0.2, -0.15) is 0 Å². The van der Waals surface area contributed by atoms with Crippen molar-refractivity contribution in [1.82, 2.24) is 20.1 Å². The van der Waals surface area contributed by atoms with Crippen LogP contribution in [0.5, 0.6) is 17.2 Å². The van der Waals surface area contributed by atoms with Crippen LogP contribution in [0.25, 0.3) is 0 Å². The van der Waals surface area contributed by atoms with Crippen LogP contribution >= 0.6 is 11.3 Å². The molecule has 8 nitrogen and oxygen atoms in total. The number of nitrogens with one attached hydrogen (secondary N) is 1. The zero-order valence-corrected chi connectivity index (χ0v) is 19.9. The Kier molecular flexibility index (Phi) is 8.36. The zero-order chi connectivity index (χ0) is 22.2. The van der Waals surface area contributed by atoms with Crippen molar-refractivity contribution in [2.24, 2.45) is 4.99 Å². The van der Waals surface area contributed by atoms with E-state index < -0.39 is 0 Å². The fourth-order valence-corrected chi connectivity index (χ4v) is 4.44. The molecular formula is C22H33N5O3S. The summed E-state index contributed by atoms with van der Waals surface area (Å²) in [5.74, 6) is 2.93. The standard InChI is InChI=1S/C22H33N5O3S/c1-6-20-25-17(15-31-20)13-24-22(23-2)27-9-7-26(8-10-27)14-16-11-18(28-3)21(30-5)19(12-16)29-4/h11-12,15H,6-10,13-14H2,1-5H3,(H,23,24). The average Bonchev–Trinajstić information content (AvgIpc) is 3.27. The molecule has 1 N–H and O–H groups in total. The molecule has 31 heavy (non-hydrogen) atoms. The van der Waals surface area contributed by atoms with E-state index >= 15 is 0 Å². The number of hydrogen-bond donors (Lipinski definition) is 1. The van der Waals surface area contributed by atoms with Crippen LogP contribution in [-0.4, -0.2) is 75.3 Å². The quantitative estimate of drug-likeness (QED) is 0.493. The summed E-state index contributed by atoms with van der Waals surface area (Å²) in [6, 6.07) is 4.04. The Morgan fingerprint density at radius 1 is 1.10 bits per heavy atom. The number of ether oxygens (including phenoxy) is 3. The SMILES string of the molecule is CCc1nc(CNC(=NC)N2CCN(Cc3cc(OC)c(OC)c(OC)c3)CC2)cs1. The lowest BCUT2D eigenvalue weighted by atomic mass is 10.1. The Morgan fingerprint density at radius 3 is 2.29 bits per heavy atom. The molecule has 0 atom stereocenters. The number of aromatic nitrogens is 1. The summed E-state index contributed by atoms with van der Waals surface area (Å²) in [5.41, 5.74) is 2.21. The summed E-state index contributed by atoms with van der Waals surface area (Å²) in [4.78, 5) is 13.8. The maximum Gasteiger partial charge on any atom is 0.203 e. The number of methoxy groups -OCH3 is 3. The minimum Gasteiger partial charge on any atom is -0.493 e. The topological polar surface area (TPSA) is 71.5 Å². The van der Waals surface area contributed by atoms with Crippen molar-refractivity contribution in [2.45, 2.75) is 26.4 Å². The molecule has 2 aromatic rings. The first kappa shape index (κ1) is 23.1. The van der Waals surface area contributed by atoms with Gasteiger partial charge in [-0.3, -0.25) is 9.89 Å². The van der Waals surface area contributed by atoms with Crippen LogP contribution in [0.2, 0.25) is 0 Å². The summed E-state index contributed by atoms with van der Waals surface area (Å²) in [6.45, 7) is 7.40. The van der Waals surface area contributed by atoms with Gasteiger partial charge in [0.25, 0.3) is 0 Å². The Balaban J connectivity index is 1.55. The summed E-state index contributed by atoms with van der Waals surface area (Å²) in [6.07, 6.45) is 0.979. The number of nitrogens with zero attached hydrogens (tertiary/aromatic N) is 4. The molecule has 3 rings (SSSR count). The van der Waals surface area contributed by atoms with E-state index in [4.69, 9.17) is 14.2 Å². The minimum atomic E-state index is 0.625. The third kappa shape index (κ3) is 5.80. The van der Waals surface area contributed by atoms with Crippen LogP contribution in [0.15, 0.2) is 22.5 Å². The van der Waals surface area contributed by atoms with Gasteiger partial charge in [0.1, 0.15) is 0 Å². The molecule has 1 aliphatic rings. The molecule has 0 bridgehead atoms. The third-order valence-electron chi connectivity index (χ3n) is 5.34. The van der Waals surface area contributed by atoms with Crippen molar-refractivity contribution >= 4 is 17.3 Å². The van der Waals surface area contributed by atoms with Crippen LogP contribution in [-0.2, 0) is 19.5 Å². The lowest BCUT2D eigenvalue weighted by Crippen LogP contribution is -2.52. The molecule has 2 heterocycles. The second-order valence-corrected chi connectivity index (χ2v) is 8.23. The fraction of sp³-hybridized carbons (Fsp3) is 0.545. The first-order valence-corrected chi connectivity index (χ1v) is 11.4. The number of benzene rings is 1. The fourth-order valence-electron chi connectivity index (χ4n) is 3.70. The number of aliphatic imine (C=N–C) groups is 1. The first-order chi connectivity index (χ1) is 15.1. The molecule has 9 heteroatoms. The van der Waals surface area contributed by atoms with E-state index in [1.165, 1.54) is 5.01 Å². The van der Waals surface area contributed by atoms with Gasteiger partial charge in [-0.05, 0) is 24.1 Å². The van der Waals surface area contributed by atoms with Crippen molar-refractivity contribution in [2.75, 3.05) is 54.6 Å². The second kappa shape index (κ2) is 11.2. The highest BCUT2D eigenvalue weighted by molar-refractivity contribution is 7.09. The van der Waals surface area contributed by atoms with Gasteiger partial charge in [0, 0.05) is 45.2 Å². The predicted molar refractivity (Wildman–Crippen MR) is 125 cm³/mol. The van der Waals surface area contributed by atoms with E-state index in [0.29, 0.717) is 23.8 Å². The van der Waals surface area contributed by atoms with E-state index in [0.717, 1.165) is 56.4 Å². The van der Waals surface area contributed by atoms with Gasteiger partial charge in [0.05, 0.1) is 38.6 Å². The smallest absolute Gasteiger partial charge is 0.203 e. The first-order valence-electron chi connectivity index (χ1n) is 10.5. The normalized spacial score (nSPS) is 15.1. The largest absolute Gasteiger partial charge is 0.493 e. The average molecular weight is 448 g/mol. The van der Waals surface area contributed by atoms with Crippen LogP contribution in [0.3, 0.4) is 0 Å². The van der Waals surface area contributed by atoms with Crippen molar-refractivity contribution in [1.29, 1.82) is 0 Å². The summed E-state index contributed by atoms with van der Waals surface area (Å²) >= 11 is 1.72. The van der Waals surface area contributed by atoms with Crippen LogP contribution in [0.1, 0.15) is 23.2 Å². The lowest BCUT2D eigenvalue weighted by Gasteiger charge is -2.36. The number of guanidine groups is 1. The molecule has 0 unspecified atom stereocenters. The van der Waals surface area contributed by atoms with Gasteiger partial charge in [-0.15, -0.1) is 11.3 Å². The highest BCUT2D eigenvalue weighted by Crippen LogP contribution is 2.38. The molecule has 1 saturated heterocycles. The molecule has 1 aromatic carbocycles. The number of hydrogen-bond acceptors (Lipinski definition) is 7. The van der Waals surface area contributed by atoms with Crippen molar-refractivity contribution in [3.8, 4) is 17.2 Å². The summed E-state index contributed by atoms with van der Waals surface area (Å²) in [7, 11) is 6.75. The van der Waals surface area contributed by atoms with E-state index in [1.807, 2.05) is 19.2 Å². The van der Waals surface area contributed by atoms with Gasteiger partial charge in [0.15, 0.2) is 17.5 Å². The Labute approximate surface area is 188 Å². The van der Waals surface area contributed by atoms with E-state index in [-0.39, 0.29) is 0 Å². The molecular weight excluding hydrogens is 414 g/mol. The molecule has 1 aliphatic heterocycles. The second-order valence-electron chi connectivity index (χ2n) is 7.28. The van der Waals surface area contributed by atoms with E-state index in [1.54, 1.807) is 32.7 Å². The van der Waals surface area contributed by atoms with E-state index in [9.17, 15) is 0 Å². The Bertz CT molecular complexity index is 853. The number of thiazole rings is 1. The lowest BCUT2D eigenvalue weighted by molar-refractivity contribution is 0.172. The van der Waals surface area contributed by atoms with Crippen molar-refractivity contribution in [3.63, 3.8) is 0 Å². The summed E-state index contributed by atoms with van der Waals surface area (Å²) < 4.78 is 16.4. The highest BCUT2D eigenvalue weighted by atomic mass is 32.1. The Morgan fingerprint density at radius 2 is 1.77 bits per heavy atom. The van der Waals surface area contributed by atoms with Crippen LogP contribution in [0.4, 0.5) is 0 Å². The maximum absolute atomic E-state index is 5.48. The van der Waals surface area contributed by atoms with Gasteiger partial charge in [-0.1, -0.05) is 6.92 Å². The van der Waals surface area contributed by atoms with Gasteiger partial charge in [-0.25, -0.2) is 4.98 Å². The monoisotopic (exact) mass is 447 g/mol. The molecule has 0 aliphatic carbocycles. The molecule has 1 fully saturated rings. The van der Waals surface area contributed by atoms with Crippen molar-refractivity contribution < 1.29 is 14.2 Å². The van der Waals surface area contributed by atoms with Crippen LogP contribution < -0.4 is 19.5 Å². The van der Waals surface area contributed by atoms with Crippen LogP contribution in [0, 0.1) is 0 Å². The number of rotatable bonds is 8. The Hall–Kier alpha value is -2.52. The molecule has 0 amide bonds. The van der Waals surface area contributed by atoms with E-state index in [2.05, 4.69) is 37.4 Å². The molecule has 1 aromatic heterocycles. The molecule has 0 radical (unpaired) electrons. The molecule has 0 saturated carbocycles. The molecule has 0 spiro atoms. The van der Waals surface area contributed by atoms with Gasteiger partial charge < -0.3 is 24.4 Å². The highest BCUT2D eigenvalue weighted by Gasteiger charge is 2.21. The van der Waals surface area contributed by atoms with Crippen molar-refractivity contribution in [3.05, 3.63) is 33.8 Å². The minimum absolute atomic E-state index is 0.625. The summed E-state index contributed by atoms with van der Waals surface area (Å²) in [5, 5.41) is 6.75.